The van der Waals surface area contributed by atoms with Crippen molar-refractivity contribution in [3.63, 3.8) is 0 Å². The number of hydrogen-bond donors (Lipinski definition) is 3. The molecule has 0 saturated carbocycles. The van der Waals surface area contributed by atoms with Gasteiger partial charge in [-0.1, -0.05) is 13.8 Å². The molecule has 0 aliphatic heterocycles. The van der Waals surface area contributed by atoms with Crippen LogP contribution in [0.1, 0.15) is 13.8 Å². The van der Waals surface area contributed by atoms with E-state index >= 15 is 0 Å². The van der Waals surface area contributed by atoms with E-state index in [2.05, 4.69) is 24.1 Å². The molecule has 6 heteroatoms. The first kappa shape index (κ1) is 16.6. The van der Waals surface area contributed by atoms with Crippen LogP contribution in [0.2, 0.25) is 0 Å². The first-order valence-corrected chi connectivity index (χ1v) is 5.25. The van der Waals surface area contributed by atoms with Crippen molar-refractivity contribution in [2.45, 2.75) is 18.7 Å². The van der Waals surface area contributed by atoms with Gasteiger partial charge in [0.15, 0.2) is 0 Å². The molecule has 0 radical (unpaired) electrons. The molecule has 1 aromatic heterocycles. The highest BCUT2D eigenvalue weighted by Gasteiger charge is 1.88. The second-order valence-electron chi connectivity index (χ2n) is 2.47. The van der Waals surface area contributed by atoms with Crippen LogP contribution in [0.3, 0.4) is 0 Å². The monoisotopic (exact) mass is 233 g/mol. The maximum absolute atomic E-state index is 8.46. The van der Waals surface area contributed by atoms with Crippen molar-refractivity contribution in [1.29, 1.82) is 0 Å². The minimum absolute atomic E-state index is 0. The number of pyridine rings is 1. The van der Waals surface area contributed by atoms with Gasteiger partial charge >= 0.3 is 0 Å². The average Bonchev–Trinajstić information content (AvgIpc) is 2.21. The Bertz CT molecular complexity index is 229. The van der Waals surface area contributed by atoms with Crippen LogP contribution in [-0.4, -0.2) is 28.1 Å². The van der Waals surface area contributed by atoms with Crippen LogP contribution < -0.4 is 11.1 Å². The minimum Gasteiger partial charge on any atom is -0.412 e. The molecule has 6 N–H and O–H groups in total. The molecule has 5 nitrogen and oxygen atoms in total. The van der Waals surface area contributed by atoms with E-state index in [9.17, 15) is 0 Å². The van der Waals surface area contributed by atoms with Crippen LogP contribution in [0.15, 0.2) is 23.2 Å². The number of nitrogen functional groups attached to an aromatic ring is 1. The van der Waals surface area contributed by atoms with Gasteiger partial charge in [0.2, 0.25) is 0 Å². The van der Waals surface area contributed by atoms with Gasteiger partial charge in [-0.3, -0.25) is 0 Å². The van der Waals surface area contributed by atoms with Crippen LogP contribution in [-0.2, 0) is 0 Å². The highest BCUT2D eigenvalue weighted by atomic mass is 32.2. The third kappa shape index (κ3) is 9.48. The Labute approximate surface area is 94.6 Å². The van der Waals surface area contributed by atoms with Gasteiger partial charge in [-0.05, 0) is 25.2 Å². The Balaban J connectivity index is 0. The molecule has 0 amide bonds. The van der Waals surface area contributed by atoms with Crippen molar-refractivity contribution in [2.24, 2.45) is 0 Å². The number of nitrogens with zero attached hydrogens (tertiary/aromatic N) is 1. The molecule has 88 valence electrons. The van der Waals surface area contributed by atoms with Crippen molar-refractivity contribution in [3.8, 4) is 0 Å². The van der Waals surface area contributed by atoms with Crippen LogP contribution in [0.25, 0.3) is 0 Å². The lowest BCUT2D eigenvalue weighted by Crippen LogP contribution is -2.09. The summed E-state index contributed by atoms with van der Waals surface area (Å²) < 4.78 is 8.46. The largest absolute Gasteiger partial charge is 0.412 e. The third-order valence-electron chi connectivity index (χ3n) is 1.36. The third-order valence-corrected chi connectivity index (χ3v) is 1.82. The zero-order valence-electron chi connectivity index (χ0n) is 9.03. The normalized spacial score (nSPS) is 8.47. The molecule has 0 fully saturated rings. The van der Waals surface area contributed by atoms with Gasteiger partial charge in [0.1, 0.15) is 5.82 Å². The predicted octanol–water partition coefficient (Wildman–Crippen LogP) is 1.02. The zero-order valence-corrected chi connectivity index (χ0v) is 9.84. The Morgan fingerprint density at radius 1 is 1.40 bits per heavy atom. The van der Waals surface area contributed by atoms with E-state index in [0.717, 1.165) is 13.1 Å². The number of nitrogens with one attached hydrogen (secondary N) is 1. The van der Waals surface area contributed by atoms with Gasteiger partial charge in [0.05, 0.1) is 4.90 Å². The van der Waals surface area contributed by atoms with Crippen molar-refractivity contribution < 1.29 is 10.0 Å². The molecule has 0 aromatic carbocycles. The molecule has 0 bridgehead atoms. The lowest BCUT2D eigenvalue weighted by Gasteiger charge is -1.91. The van der Waals surface area contributed by atoms with Gasteiger partial charge < -0.3 is 21.1 Å². The summed E-state index contributed by atoms with van der Waals surface area (Å²) in [6.45, 7) is 6.39. The molecule has 0 unspecified atom stereocenters. The van der Waals surface area contributed by atoms with E-state index in [1.807, 2.05) is 0 Å². The van der Waals surface area contributed by atoms with E-state index < -0.39 is 0 Å². The molecule has 0 aliphatic rings. The summed E-state index contributed by atoms with van der Waals surface area (Å²) in [5, 5.41) is 3.11. The molecule has 0 saturated heterocycles. The maximum Gasteiger partial charge on any atom is 0.123 e. The second-order valence-corrected chi connectivity index (χ2v) is 3.12. The SMILES string of the molecule is CCNCC.Nc1ccc(SO)cn1.O. The van der Waals surface area contributed by atoms with Crippen LogP contribution in [0, 0.1) is 0 Å². The average molecular weight is 233 g/mol. The predicted molar refractivity (Wildman–Crippen MR) is 65.0 cm³/mol. The summed E-state index contributed by atoms with van der Waals surface area (Å²) in [7, 11) is 0. The quantitative estimate of drug-likeness (QED) is 0.676. The Morgan fingerprint density at radius 3 is 2.27 bits per heavy atom. The molecular weight excluding hydrogens is 214 g/mol. The Hall–Kier alpha value is -0.820. The summed E-state index contributed by atoms with van der Waals surface area (Å²) in [5.41, 5.74) is 5.28. The summed E-state index contributed by atoms with van der Waals surface area (Å²) in [6, 6.07) is 3.34. The van der Waals surface area contributed by atoms with Gasteiger partial charge in [0.25, 0.3) is 0 Å². The van der Waals surface area contributed by atoms with Crippen molar-refractivity contribution in [1.82, 2.24) is 10.3 Å². The molecule has 1 rings (SSSR count). The fourth-order valence-corrected chi connectivity index (χ4v) is 0.924. The van der Waals surface area contributed by atoms with Gasteiger partial charge in [-0.2, -0.15) is 0 Å². The van der Waals surface area contributed by atoms with Crippen molar-refractivity contribution in [2.75, 3.05) is 18.8 Å². The standard InChI is InChI=1S/C5H6N2OS.C4H11N.H2O/c6-5-2-1-4(9-8)3-7-5;1-3-5-4-2;/h1-3,8H,(H2,6,7);5H,3-4H2,1-2H3;1H2. The van der Waals surface area contributed by atoms with E-state index in [-0.39, 0.29) is 5.48 Å². The number of hydrogen-bond acceptors (Lipinski definition) is 5. The smallest absolute Gasteiger partial charge is 0.123 e. The molecular formula is C9H19N3O2S. The maximum atomic E-state index is 8.46. The van der Waals surface area contributed by atoms with E-state index in [1.54, 1.807) is 12.1 Å². The van der Waals surface area contributed by atoms with Crippen molar-refractivity contribution >= 4 is 17.9 Å². The van der Waals surface area contributed by atoms with Gasteiger partial charge in [-0.25, -0.2) is 4.98 Å². The summed E-state index contributed by atoms with van der Waals surface area (Å²) in [5.74, 6) is 0.466. The second kappa shape index (κ2) is 11.3. The first-order chi connectivity index (χ1) is 6.74. The lowest BCUT2D eigenvalue weighted by molar-refractivity contribution is 0.663. The fourth-order valence-electron chi connectivity index (χ4n) is 0.696. The molecule has 0 spiro atoms. The number of nitrogens with two attached hydrogens (primary N) is 1. The minimum atomic E-state index is 0. The van der Waals surface area contributed by atoms with E-state index in [4.69, 9.17) is 10.3 Å². The highest BCUT2D eigenvalue weighted by Crippen LogP contribution is 2.12. The highest BCUT2D eigenvalue weighted by molar-refractivity contribution is 7.93. The summed E-state index contributed by atoms with van der Waals surface area (Å²) >= 11 is 0.659. The Morgan fingerprint density at radius 2 is 2.00 bits per heavy atom. The van der Waals surface area contributed by atoms with Crippen LogP contribution in [0.4, 0.5) is 5.82 Å². The summed E-state index contributed by atoms with van der Waals surface area (Å²) in [6.07, 6.45) is 1.51. The zero-order chi connectivity index (χ0) is 10.8. The molecule has 0 atom stereocenters. The van der Waals surface area contributed by atoms with Gasteiger partial charge in [-0.15, -0.1) is 0 Å². The number of aromatic nitrogens is 1. The van der Waals surface area contributed by atoms with Crippen LogP contribution in [0.5, 0.6) is 0 Å². The lowest BCUT2D eigenvalue weighted by atomic mass is 10.5. The van der Waals surface area contributed by atoms with E-state index in [1.165, 1.54) is 6.20 Å². The molecule has 15 heavy (non-hydrogen) atoms. The topological polar surface area (TPSA) is 103 Å². The van der Waals surface area contributed by atoms with Crippen LogP contribution >= 0.6 is 12.0 Å². The molecule has 0 aliphatic carbocycles. The van der Waals surface area contributed by atoms with Gasteiger partial charge in [0, 0.05) is 18.2 Å². The molecule has 1 aromatic rings. The fraction of sp³-hybridized carbons (Fsp3) is 0.444. The number of anilines is 1. The van der Waals surface area contributed by atoms with E-state index in [0.29, 0.717) is 22.8 Å². The van der Waals surface area contributed by atoms with Crippen molar-refractivity contribution in [3.05, 3.63) is 18.3 Å². The number of rotatable bonds is 3. The first-order valence-electron chi connectivity index (χ1n) is 4.48. The summed E-state index contributed by atoms with van der Waals surface area (Å²) in [4.78, 5) is 4.45. The molecule has 1 heterocycles. The Kier molecular flexibility index (Phi) is 12.5.